The Morgan fingerprint density at radius 1 is 0.778 bits per heavy atom. The number of pyridine rings is 1. The number of ether oxygens (including phenoxy) is 2. The summed E-state index contributed by atoms with van der Waals surface area (Å²) < 4.78 is 10.7. The van der Waals surface area contributed by atoms with Crippen molar-refractivity contribution in [2.24, 2.45) is 0 Å². The van der Waals surface area contributed by atoms with Gasteiger partial charge in [0.25, 0.3) is 0 Å². The van der Waals surface area contributed by atoms with Crippen LogP contribution in [0.5, 0.6) is 11.5 Å². The molecular weight excluding hydrogens is 342 g/mol. The monoisotopic (exact) mass is 357 g/mol. The van der Waals surface area contributed by atoms with Gasteiger partial charge in [0.15, 0.2) is 11.5 Å². The van der Waals surface area contributed by atoms with Gasteiger partial charge in [-0.2, -0.15) is 0 Å². The van der Waals surface area contributed by atoms with E-state index in [-0.39, 0.29) is 6.79 Å². The summed E-state index contributed by atoms with van der Waals surface area (Å²) >= 11 is 0. The van der Waals surface area contributed by atoms with Gasteiger partial charge in [0, 0.05) is 29.4 Å². The number of hydrogen-bond acceptors (Lipinski definition) is 7. The highest BCUT2D eigenvalue weighted by molar-refractivity contribution is 5.91. The van der Waals surface area contributed by atoms with Crippen molar-refractivity contribution in [3.63, 3.8) is 0 Å². The van der Waals surface area contributed by atoms with E-state index in [2.05, 4.69) is 25.6 Å². The van der Waals surface area contributed by atoms with Crippen molar-refractivity contribution in [1.82, 2.24) is 15.0 Å². The first-order valence-corrected chi connectivity index (χ1v) is 8.45. The molecule has 0 atom stereocenters. The molecule has 0 aliphatic carbocycles. The Balaban J connectivity index is 1.40. The lowest BCUT2D eigenvalue weighted by atomic mass is 10.2. The van der Waals surface area contributed by atoms with Crippen molar-refractivity contribution in [3.05, 3.63) is 67.1 Å². The molecule has 1 aliphatic heterocycles. The molecule has 2 aromatic carbocycles. The maximum atomic E-state index is 5.41. The summed E-state index contributed by atoms with van der Waals surface area (Å²) in [5.74, 6) is 2.80. The first-order valence-electron chi connectivity index (χ1n) is 8.45. The molecule has 0 saturated carbocycles. The highest BCUT2D eigenvalue weighted by Crippen LogP contribution is 2.35. The number of fused-ring (bicyclic) bond motifs is 2. The third-order valence-electron chi connectivity index (χ3n) is 4.21. The lowest BCUT2D eigenvalue weighted by molar-refractivity contribution is 0.174. The minimum atomic E-state index is 0.249. The van der Waals surface area contributed by atoms with Crippen molar-refractivity contribution in [3.8, 4) is 11.5 Å². The van der Waals surface area contributed by atoms with Crippen molar-refractivity contribution >= 4 is 33.9 Å². The number of para-hydroxylation sites is 1. The van der Waals surface area contributed by atoms with Gasteiger partial charge in [0.2, 0.25) is 6.79 Å². The predicted molar refractivity (Wildman–Crippen MR) is 103 cm³/mol. The van der Waals surface area contributed by atoms with E-state index >= 15 is 0 Å². The Bertz CT molecular complexity index is 1130. The Morgan fingerprint density at radius 2 is 1.63 bits per heavy atom. The Labute approximate surface area is 155 Å². The van der Waals surface area contributed by atoms with E-state index in [1.165, 1.54) is 6.33 Å². The second-order valence-corrected chi connectivity index (χ2v) is 5.99. The molecule has 0 unspecified atom stereocenters. The molecule has 0 spiro atoms. The third-order valence-corrected chi connectivity index (χ3v) is 4.21. The third kappa shape index (κ3) is 3.06. The van der Waals surface area contributed by atoms with Crippen LogP contribution in [0, 0.1) is 0 Å². The predicted octanol–water partition coefficient (Wildman–Crippen LogP) is 4.24. The quantitative estimate of drug-likeness (QED) is 0.565. The zero-order valence-electron chi connectivity index (χ0n) is 14.2. The maximum absolute atomic E-state index is 5.41. The molecule has 1 aliphatic rings. The molecule has 4 aromatic rings. The number of nitrogens with zero attached hydrogens (tertiary/aromatic N) is 3. The summed E-state index contributed by atoms with van der Waals surface area (Å²) in [6.07, 6.45) is 3.29. The molecule has 27 heavy (non-hydrogen) atoms. The van der Waals surface area contributed by atoms with Gasteiger partial charge in [0.1, 0.15) is 18.0 Å². The number of aromatic nitrogens is 3. The largest absolute Gasteiger partial charge is 0.454 e. The van der Waals surface area contributed by atoms with Crippen LogP contribution < -0.4 is 20.1 Å². The molecular formula is C20H15N5O2. The lowest BCUT2D eigenvalue weighted by Crippen LogP contribution is -1.99. The molecule has 132 valence electrons. The van der Waals surface area contributed by atoms with Crippen LogP contribution in [-0.2, 0) is 0 Å². The van der Waals surface area contributed by atoms with Gasteiger partial charge in [-0.15, -0.1) is 0 Å². The fourth-order valence-corrected chi connectivity index (χ4v) is 2.96. The average molecular weight is 357 g/mol. The molecule has 0 bridgehead atoms. The Hall–Kier alpha value is -3.87. The smallest absolute Gasteiger partial charge is 0.231 e. The van der Waals surface area contributed by atoms with E-state index < -0.39 is 0 Å². The zero-order valence-corrected chi connectivity index (χ0v) is 14.2. The fourth-order valence-electron chi connectivity index (χ4n) is 2.96. The topological polar surface area (TPSA) is 81.2 Å². The van der Waals surface area contributed by atoms with E-state index in [9.17, 15) is 0 Å². The van der Waals surface area contributed by atoms with Crippen LogP contribution in [0.2, 0.25) is 0 Å². The fraction of sp³-hybridized carbons (Fsp3) is 0.0500. The summed E-state index contributed by atoms with van der Waals surface area (Å²) in [6, 6.07) is 17.4. The molecule has 5 rings (SSSR count). The molecule has 2 aromatic heterocycles. The molecule has 2 N–H and O–H groups in total. The van der Waals surface area contributed by atoms with E-state index in [4.69, 9.17) is 9.47 Å². The van der Waals surface area contributed by atoms with Crippen molar-refractivity contribution in [2.45, 2.75) is 0 Å². The molecule has 0 radical (unpaired) electrons. The molecule has 0 amide bonds. The number of nitrogens with one attached hydrogen (secondary N) is 2. The number of benzene rings is 2. The Kier molecular flexibility index (Phi) is 3.68. The van der Waals surface area contributed by atoms with E-state index in [1.807, 2.05) is 54.6 Å². The number of hydrogen-bond donors (Lipinski definition) is 2. The standard InChI is InChI=1S/C20H15N5O2/c1-3-13-4-2-8-21-20(13)15(5-1)25-19-10-18(22-11-23-19)24-14-6-7-16-17(9-14)27-12-26-16/h1-11H,12H2,(H2,22,23,24,25). The summed E-state index contributed by atoms with van der Waals surface area (Å²) in [7, 11) is 0. The minimum absolute atomic E-state index is 0.249. The summed E-state index contributed by atoms with van der Waals surface area (Å²) in [5, 5.41) is 7.64. The van der Waals surface area contributed by atoms with Crippen LogP contribution in [0.25, 0.3) is 10.9 Å². The van der Waals surface area contributed by atoms with Crippen LogP contribution in [-0.4, -0.2) is 21.7 Å². The SMILES string of the molecule is c1cnc2c(Nc3cc(Nc4ccc5c(c4)OCO5)ncn3)cccc2c1. The van der Waals surface area contributed by atoms with Crippen molar-refractivity contribution in [2.75, 3.05) is 17.4 Å². The molecule has 7 heteroatoms. The van der Waals surface area contributed by atoms with E-state index in [0.29, 0.717) is 17.4 Å². The Morgan fingerprint density at radius 3 is 2.59 bits per heavy atom. The second-order valence-electron chi connectivity index (χ2n) is 5.99. The van der Waals surface area contributed by atoms with Crippen LogP contribution in [0.4, 0.5) is 23.0 Å². The second kappa shape index (κ2) is 6.45. The molecule has 3 heterocycles. The van der Waals surface area contributed by atoms with Gasteiger partial charge in [-0.25, -0.2) is 9.97 Å². The number of anilines is 4. The van der Waals surface area contributed by atoms with Gasteiger partial charge in [-0.05, 0) is 24.3 Å². The van der Waals surface area contributed by atoms with Gasteiger partial charge in [-0.3, -0.25) is 4.98 Å². The highest BCUT2D eigenvalue weighted by Gasteiger charge is 2.13. The van der Waals surface area contributed by atoms with Gasteiger partial charge in [-0.1, -0.05) is 18.2 Å². The van der Waals surface area contributed by atoms with Crippen LogP contribution in [0.1, 0.15) is 0 Å². The normalized spacial score (nSPS) is 12.1. The van der Waals surface area contributed by atoms with E-state index in [0.717, 1.165) is 28.0 Å². The van der Waals surface area contributed by atoms with Crippen LogP contribution in [0.15, 0.2) is 67.1 Å². The first-order chi connectivity index (χ1) is 13.3. The summed E-state index contributed by atoms with van der Waals surface area (Å²) in [6.45, 7) is 0.249. The maximum Gasteiger partial charge on any atom is 0.231 e. The molecule has 7 nitrogen and oxygen atoms in total. The molecule has 0 saturated heterocycles. The zero-order chi connectivity index (χ0) is 18.1. The first kappa shape index (κ1) is 15.4. The summed E-state index contributed by atoms with van der Waals surface area (Å²) in [4.78, 5) is 13.0. The lowest BCUT2D eigenvalue weighted by Gasteiger charge is -2.10. The summed E-state index contributed by atoms with van der Waals surface area (Å²) in [5.41, 5.74) is 2.64. The minimum Gasteiger partial charge on any atom is -0.454 e. The van der Waals surface area contributed by atoms with Gasteiger partial charge >= 0.3 is 0 Å². The van der Waals surface area contributed by atoms with Crippen LogP contribution >= 0.6 is 0 Å². The number of rotatable bonds is 4. The van der Waals surface area contributed by atoms with Crippen molar-refractivity contribution in [1.29, 1.82) is 0 Å². The highest BCUT2D eigenvalue weighted by atomic mass is 16.7. The molecule has 0 fully saturated rings. The van der Waals surface area contributed by atoms with E-state index in [1.54, 1.807) is 6.20 Å². The van der Waals surface area contributed by atoms with Gasteiger partial charge in [0.05, 0.1) is 11.2 Å². The van der Waals surface area contributed by atoms with Crippen molar-refractivity contribution < 1.29 is 9.47 Å². The average Bonchev–Trinajstić information content (AvgIpc) is 3.16. The van der Waals surface area contributed by atoms with Gasteiger partial charge < -0.3 is 20.1 Å². The van der Waals surface area contributed by atoms with Crippen LogP contribution in [0.3, 0.4) is 0 Å².